The average Bonchev–Trinajstić information content (AvgIpc) is 2.34. The number of thioether (sulfide) groups is 1. The number of rotatable bonds is 3. The molecule has 19 heavy (non-hydrogen) atoms. The molecule has 0 aromatic carbocycles. The van der Waals surface area contributed by atoms with E-state index in [4.69, 9.17) is 0 Å². The molecule has 0 amide bonds. The molecule has 0 spiro atoms. The summed E-state index contributed by atoms with van der Waals surface area (Å²) >= 11 is 1.54. The fraction of sp³-hybridized carbons (Fsp3) is 0.667. The summed E-state index contributed by atoms with van der Waals surface area (Å²) in [4.78, 5) is 8.01. The van der Waals surface area contributed by atoms with E-state index < -0.39 is 11.9 Å². The van der Waals surface area contributed by atoms with Crippen LogP contribution < -0.4 is 5.32 Å². The third-order valence-corrected chi connectivity index (χ3v) is 3.89. The molecule has 1 N–H and O–H groups in total. The Balaban J connectivity index is 2.37. The third-order valence-electron chi connectivity index (χ3n) is 2.80. The second kappa shape index (κ2) is 5.66. The van der Waals surface area contributed by atoms with Crippen LogP contribution in [0.15, 0.2) is 0 Å². The molecule has 0 aliphatic carbocycles. The zero-order chi connectivity index (χ0) is 14.0. The van der Waals surface area contributed by atoms with Crippen LogP contribution in [0.1, 0.15) is 36.6 Å². The summed E-state index contributed by atoms with van der Waals surface area (Å²) in [7, 11) is 0. The lowest BCUT2D eigenvalue weighted by Gasteiger charge is -2.21. The van der Waals surface area contributed by atoms with Crippen molar-refractivity contribution in [3.8, 4) is 0 Å². The Morgan fingerprint density at radius 1 is 1.32 bits per heavy atom. The van der Waals surface area contributed by atoms with Crippen molar-refractivity contribution in [2.45, 2.75) is 44.0 Å². The van der Waals surface area contributed by atoms with E-state index in [1.54, 1.807) is 11.8 Å². The molecule has 2 heterocycles. The number of nitrogens with one attached hydrogen (secondary N) is 1. The Hall–Kier alpha value is -0.820. The van der Waals surface area contributed by atoms with E-state index in [0.29, 0.717) is 36.2 Å². The highest BCUT2D eigenvalue weighted by atomic mass is 32.2. The summed E-state index contributed by atoms with van der Waals surface area (Å²) in [5.74, 6) is 0.682. The summed E-state index contributed by atoms with van der Waals surface area (Å²) in [5, 5.41) is 3.39. The maximum Gasteiger partial charge on any atom is 0.433 e. The maximum atomic E-state index is 13.0. The van der Waals surface area contributed by atoms with Crippen LogP contribution in [0.2, 0.25) is 0 Å². The number of hydrogen-bond donors (Lipinski definition) is 1. The normalized spacial score (nSPS) is 15.7. The summed E-state index contributed by atoms with van der Waals surface area (Å²) in [6.07, 6.45) is -4.07. The first kappa shape index (κ1) is 14.6. The van der Waals surface area contributed by atoms with Crippen LogP contribution in [0.3, 0.4) is 0 Å². The Bertz CT molecular complexity index is 460. The van der Waals surface area contributed by atoms with Gasteiger partial charge in [-0.05, 0) is 18.2 Å². The predicted octanol–water partition coefficient (Wildman–Crippen LogP) is 2.78. The highest BCUT2D eigenvalue weighted by Gasteiger charge is 2.37. The van der Waals surface area contributed by atoms with Gasteiger partial charge in [0.05, 0.1) is 11.4 Å². The van der Waals surface area contributed by atoms with Gasteiger partial charge in [-0.15, -0.1) is 0 Å². The largest absolute Gasteiger partial charge is 0.433 e. The Labute approximate surface area is 114 Å². The Kier molecular flexibility index (Phi) is 4.35. The summed E-state index contributed by atoms with van der Waals surface area (Å²) < 4.78 is 39.1. The van der Waals surface area contributed by atoms with Crippen LogP contribution in [0.25, 0.3) is 0 Å². The fourth-order valence-corrected chi connectivity index (χ4v) is 2.56. The minimum absolute atomic E-state index is 0.254. The topological polar surface area (TPSA) is 37.8 Å². The smallest absolute Gasteiger partial charge is 0.311 e. The summed E-state index contributed by atoms with van der Waals surface area (Å²) in [6.45, 7) is 4.92. The van der Waals surface area contributed by atoms with Gasteiger partial charge in [-0.25, -0.2) is 9.97 Å². The molecule has 1 aromatic heterocycles. The molecule has 1 aliphatic rings. The van der Waals surface area contributed by atoms with E-state index in [1.807, 2.05) is 13.8 Å². The minimum Gasteiger partial charge on any atom is -0.311 e. The second-order valence-corrected chi connectivity index (χ2v) is 6.26. The molecular formula is C12H16F3N3S. The van der Waals surface area contributed by atoms with Crippen LogP contribution >= 0.6 is 11.8 Å². The van der Waals surface area contributed by atoms with Crippen molar-refractivity contribution in [1.82, 2.24) is 15.3 Å². The number of alkyl halides is 3. The monoisotopic (exact) mass is 291 g/mol. The van der Waals surface area contributed by atoms with E-state index >= 15 is 0 Å². The van der Waals surface area contributed by atoms with Crippen LogP contribution in [0, 0.1) is 0 Å². The number of aromatic nitrogens is 2. The minimum atomic E-state index is -4.40. The molecule has 0 saturated carbocycles. The number of nitrogens with zero attached hydrogens (tertiary/aromatic N) is 2. The predicted molar refractivity (Wildman–Crippen MR) is 68.9 cm³/mol. The molecule has 0 fully saturated rings. The first-order chi connectivity index (χ1) is 8.88. The van der Waals surface area contributed by atoms with Gasteiger partial charge in [0.15, 0.2) is 5.69 Å². The van der Waals surface area contributed by atoms with Gasteiger partial charge in [-0.2, -0.15) is 24.9 Å². The summed E-state index contributed by atoms with van der Waals surface area (Å²) in [6, 6.07) is 0. The van der Waals surface area contributed by atoms with Gasteiger partial charge in [-0.3, -0.25) is 0 Å². The SMILES string of the molecule is CC(C)SCc1nc2c(c(C(F)(F)F)n1)CCNC2. The molecule has 1 aromatic rings. The van der Waals surface area contributed by atoms with Gasteiger partial charge in [0.2, 0.25) is 0 Å². The quantitative estimate of drug-likeness (QED) is 0.929. The fourth-order valence-electron chi connectivity index (χ4n) is 1.95. The van der Waals surface area contributed by atoms with Crippen molar-refractivity contribution in [3.05, 3.63) is 22.8 Å². The third kappa shape index (κ3) is 3.60. The van der Waals surface area contributed by atoms with E-state index in [1.165, 1.54) is 0 Å². The molecule has 7 heteroatoms. The van der Waals surface area contributed by atoms with Crippen molar-refractivity contribution in [3.63, 3.8) is 0 Å². The Morgan fingerprint density at radius 3 is 2.68 bits per heavy atom. The Morgan fingerprint density at radius 2 is 2.05 bits per heavy atom. The first-order valence-electron chi connectivity index (χ1n) is 6.16. The van der Waals surface area contributed by atoms with Gasteiger partial charge in [0, 0.05) is 12.1 Å². The average molecular weight is 291 g/mol. The van der Waals surface area contributed by atoms with E-state index in [0.717, 1.165) is 0 Å². The van der Waals surface area contributed by atoms with Gasteiger partial charge in [-0.1, -0.05) is 13.8 Å². The lowest BCUT2D eigenvalue weighted by molar-refractivity contribution is -0.142. The highest BCUT2D eigenvalue weighted by Crippen LogP contribution is 2.33. The molecule has 0 atom stereocenters. The summed E-state index contributed by atoms with van der Waals surface area (Å²) in [5.41, 5.74) is -0.00386. The van der Waals surface area contributed by atoms with Crippen molar-refractivity contribution in [1.29, 1.82) is 0 Å². The zero-order valence-electron chi connectivity index (χ0n) is 10.8. The highest BCUT2D eigenvalue weighted by molar-refractivity contribution is 7.99. The molecule has 0 unspecified atom stereocenters. The van der Waals surface area contributed by atoms with E-state index in [-0.39, 0.29) is 11.4 Å². The van der Waals surface area contributed by atoms with Crippen LogP contribution in [-0.2, 0) is 24.9 Å². The van der Waals surface area contributed by atoms with Gasteiger partial charge < -0.3 is 5.32 Å². The van der Waals surface area contributed by atoms with Crippen molar-refractivity contribution < 1.29 is 13.2 Å². The van der Waals surface area contributed by atoms with Crippen molar-refractivity contribution in [2.24, 2.45) is 0 Å². The molecule has 0 saturated heterocycles. The maximum absolute atomic E-state index is 13.0. The van der Waals surface area contributed by atoms with Crippen LogP contribution in [0.4, 0.5) is 13.2 Å². The van der Waals surface area contributed by atoms with Gasteiger partial charge in [0.1, 0.15) is 5.82 Å². The molecule has 0 radical (unpaired) electrons. The number of halogens is 3. The molecule has 0 bridgehead atoms. The number of fused-ring (bicyclic) bond motifs is 1. The van der Waals surface area contributed by atoms with Crippen LogP contribution in [-0.4, -0.2) is 21.8 Å². The van der Waals surface area contributed by atoms with E-state index in [9.17, 15) is 13.2 Å². The van der Waals surface area contributed by atoms with E-state index in [2.05, 4.69) is 15.3 Å². The van der Waals surface area contributed by atoms with Gasteiger partial charge >= 0.3 is 6.18 Å². The lowest BCUT2D eigenvalue weighted by atomic mass is 10.0. The molecule has 106 valence electrons. The number of hydrogen-bond acceptors (Lipinski definition) is 4. The molecule has 3 nitrogen and oxygen atoms in total. The molecular weight excluding hydrogens is 275 g/mol. The van der Waals surface area contributed by atoms with Crippen molar-refractivity contribution >= 4 is 11.8 Å². The zero-order valence-corrected chi connectivity index (χ0v) is 11.7. The van der Waals surface area contributed by atoms with Crippen LogP contribution in [0.5, 0.6) is 0 Å². The molecule has 1 aliphatic heterocycles. The van der Waals surface area contributed by atoms with Gasteiger partial charge in [0.25, 0.3) is 0 Å². The van der Waals surface area contributed by atoms with Crippen molar-refractivity contribution in [2.75, 3.05) is 6.54 Å². The standard InChI is InChI=1S/C12H16F3N3S/c1-7(2)19-6-10-17-9-5-16-4-3-8(9)11(18-10)12(13,14)15/h7,16H,3-6H2,1-2H3. The first-order valence-corrected chi connectivity index (χ1v) is 7.21. The molecule has 2 rings (SSSR count). The lowest BCUT2D eigenvalue weighted by Crippen LogP contribution is -2.29. The second-order valence-electron chi connectivity index (χ2n) is 4.70.